The van der Waals surface area contributed by atoms with Crippen LogP contribution in [0.2, 0.25) is 0 Å². The average molecular weight is 972 g/mol. The van der Waals surface area contributed by atoms with Gasteiger partial charge in [0.1, 0.15) is 24.2 Å². The quantitative estimate of drug-likeness (QED) is 0.0134. The minimum Gasteiger partial charge on any atom is -0.379 e. The highest BCUT2D eigenvalue weighted by Gasteiger charge is 2.33. The lowest BCUT2D eigenvalue weighted by Crippen LogP contribution is -2.60. The van der Waals surface area contributed by atoms with Gasteiger partial charge in [-0.25, -0.2) is 4.68 Å². The fourth-order valence-corrected chi connectivity index (χ4v) is 6.63. The first-order valence-electron chi connectivity index (χ1n) is 23.8. The van der Waals surface area contributed by atoms with E-state index in [1.165, 1.54) is 0 Å². The largest absolute Gasteiger partial charge is 0.379 e. The van der Waals surface area contributed by atoms with Gasteiger partial charge in [-0.2, -0.15) is 0 Å². The predicted molar refractivity (Wildman–Crippen MR) is 255 cm³/mol. The van der Waals surface area contributed by atoms with Gasteiger partial charge >= 0.3 is 0 Å². The van der Waals surface area contributed by atoms with Crippen LogP contribution in [0.5, 0.6) is 0 Å². The van der Waals surface area contributed by atoms with Crippen molar-refractivity contribution in [3.05, 3.63) is 58.2 Å². The molecule has 2 rings (SSSR count). The molecular weight excluding hydrogens is 895 g/mol. The van der Waals surface area contributed by atoms with Crippen LogP contribution in [0.3, 0.4) is 0 Å². The third kappa shape index (κ3) is 26.8. The molecule has 25 nitrogen and oxygen atoms in total. The van der Waals surface area contributed by atoms with Gasteiger partial charge in [-0.3, -0.25) is 33.6 Å². The maximum atomic E-state index is 14.4. The van der Waals surface area contributed by atoms with E-state index in [9.17, 15) is 33.6 Å². The predicted octanol–water partition coefficient (Wildman–Crippen LogP) is -3.64. The van der Waals surface area contributed by atoms with Gasteiger partial charge in [0.05, 0.1) is 51.4 Å². The molecule has 15 N–H and O–H groups in total. The highest BCUT2D eigenvalue weighted by atomic mass is 16.5. The molecule has 69 heavy (non-hydrogen) atoms. The minimum atomic E-state index is -1.55. The molecule has 0 unspecified atom stereocenters. The number of nitrogens with zero attached hydrogens (tertiary/aromatic N) is 6. The first kappa shape index (κ1) is 58.9. The number of azide groups is 1. The summed E-state index contributed by atoms with van der Waals surface area (Å²) in [5, 5.41) is 36.9. The zero-order valence-electron chi connectivity index (χ0n) is 40.6. The standard InChI is InChI=1S/C44H75N17O8/c1-4-15-52-41(65)36(28-39(63)50-20-18-48-16-13-45)56-44(68)37(29-40(64)51-21-19-49-17-14-46)57-43(67)35(27-32-9-6-5-7-10-32)55-42(66)34(26-31(2)3)54-38(62)12-8-11-33-30-61(60-58-33)23-25-69-24-22-53-59-47/h5-7,9-10,30-31,34-37,48-49H,4,8,11-29,45-46H2,1-3H3,(H,50,63)(H,51,64)(H,52,65)(H,54,62)(H,55,66)(H,56,68)(H,57,67)/p+2/t34-,35+,36+,37-/m1/s1. The Hall–Kier alpha value is -6.24. The number of hydrogen-bond acceptors (Lipinski definition) is 13. The van der Waals surface area contributed by atoms with E-state index >= 15 is 0 Å². The van der Waals surface area contributed by atoms with Crippen molar-refractivity contribution in [1.82, 2.24) is 62.8 Å². The Labute approximate surface area is 403 Å². The van der Waals surface area contributed by atoms with Gasteiger partial charge in [-0.15, -0.1) is 5.10 Å². The van der Waals surface area contributed by atoms with Crippen LogP contribution >= 0.6 is 0 Å². The normalized spacial score (nSPS) is 12.7. The summed E-state index contributed by atoms with van der Waals surface area (Å²) in [7, 11) is 0. The van der Waals surface area contributed by atoms with Crippen LogP contribution in [0.25, 0.3) is 10.4 Å². The van der Waals surface area contributed by atoms with Crippen molar-refractivity contribution in [3.63, 3.8) is 0 Å². The van der Waals surface area contributed by atoms with E-state index in [0.717, 1.165) is 0 Å². The van der Waals surface area contributed by atoms with Crippen LogP contribution in [0.4, 0.5) is 0 Å². The summed E-state index contributed by atoms with van der Waals surface area (Å²) in [6, 6.07) is 3.65. The highest BCUT2D eigenvalue weighted by molar-refractivity contribution is 5.98. The fraction of sp³-hybridized carbons (Fsp3) is 0.659. The molecule has 25 heteroatoms. The number of benzene rings is 1. The number of rotatable bonds is 38. The summed E-state index contributed by atoms with van der Waals surface area (Å²) in [5.41, 5.74) is 17.2. The Kier molecular flexibility index (Phi) is 30.6. The van der Waals surface area contributed by atoms with Crippen molar-refractivity contribution in [1.29, 1.82) is 0 Å². The second kappa shape index (κ2) is 35.8. The number of carbonyl (C=O) groups excluding carboxylic acids is 7. The van der Waals surface area contributed by atoms with Crippen molar-refractivity contribution >= 4 is 41.4 Å². The van der Waals surface area contributed by atoms with Gasteiger partial charge in [-0.1, -0.05) is 61.4 Å². The lowest BCUT2D eigenvalue weighted by molar-refractivity contribution is -0.365. The van der Waals surface area contributed by atoms with Crippen LogP contribution in [-0.4, -0.2) is 159 Å². The van der Waals surface area contributed by atoms with E-state index in [0.29, 0.717) is 82.9 Å². The molecule has 2 aromatic rings. The molecule has 0 radical (unpaired) electrons. The molecule has 0 bridgehead atoms. The molecule has 0 aliphatic rings. The summed E-state index contributed by atoms with van der Waals surface area (Å²) in [5.74, 6) is -4.48. The smallest absolute Gasteiger partial charge is 0.243 e. The topological polar surface area (TPSA) is 372 Å². The number of carbonyl (C=O) groups is 7. The molecule has 0 spiro atoms. The molecule has 384 valence electrons. The van der Waals surface area contributed by atoms with Crippen molar-refractivity contribution in [3.8, 4) is 0 Å². The monoisotopic (exact) mass is 972 g/mol. The molecule has 7 amide bonds. The summed E-state index contributed by atoms with van der Waals surface area (Å²) < 4.78 is 7.02. The van der Waals surface area contributed by atoms with E-state index in [2.05, 4.69) is 79.7 Å². The summed E-state index contributed by atoms with van der Waals surface area (Å²) in [6.45, 7) is 11.2. The molecular formula is C44H77N17O8+2. The Balaban J connectivity index is 2.28. The van der Waals surface area contributed by atoms with E-state index < -0.39 is 72.5 Å². The maximum Gasteiger partial charge on any atom is 0.243 e. The maximum absolute atomic E-state index is 14.4. The lowest BCUT2D eigenvalue weighted by atomic mass is 10.0. The second-order valence-electron chi connectivity index (χ2n) is 16.6. The molecule has 1 aromatic heterocycles. The number of ether oxygens (including phenoxy) is 1. The van der Waals surface area contributed by atoms with Crippen molar-refractivity contribution < 1.29 is 49.8 Å². The van der Waals surface area contributed by atoms with E-state index in [1.54, 1.807) is 41.2 Å². The van der Waals surface area contributed by atoms with E-state index in [4.69, 9.17) is 10.3 Å². The van der Waals surface area contributed by atoms with Crippen molar-refractivity contribution in [2.45, 2.75) is 103 Å². The molecule has 0 saturated carbocycles. The number of quaternary nitrogens is 2. The van der Waals surface area contributed by atoms with Crippen molar-refractivity contribution in [2.75, 3.05) is 78.7 Å². The molecule has 0 aliphatic heterocycles. The molecule has 1 aromatic carbocycles. The average Bonchev–Trinajstić information content (AvgIpc) is 3.78. The molecule has 1 heterocycles. The second-order valence-corrected chi connectivity index (χ2v) is 16.6. The zero-order valence-corrected chi connectivity index (χ0v) is 40.6. The SMILES string of the molecule is CCCNC(=O)[C@H](CC(=O)NCCNCC[NH3+])NC(=O)[C@@H](CC(=O)NCCNCC[NH3+])NC(=O)[C@H](Cc1ccccc1)NC(=O)[C@@H](CC(C)C)NC(=O)CCCc1cn(CCOCCN=[N+]=[N-])nn1. The minimum absolute atomic E-state index is 0.0202. The Morgan fingerprint density at radius 3 is 1.91 bits per heavy atom. The third-order valence-electron chi connectivity index (χ3n) is 10.1. The van der Waals surface area contributed by atoms with Gasteiger partial charge in [0, 0.05) is 76.3 Å². The molecule has 0 aliphatic carbocycles. The molecule has 0 fully saturated rings. The Bertz CT molecular complexity index is 1900. The number of aryl methyl sites for hydroxylation is 1. The van der Waals surface area contributed by atoms with Crippen molar-refractivity contribution in [2.24, 2.45) is 11.0 Å². The number of nitrogens with one attached hydrogen (secondary N) is 9. The number of amides is 7. The van der Waals surface area contributed by atoms with Gasteiger partial charge in [0.15, 0.2) is 0 Å². The Morgan fingerprint density at radius 2 is 1.32 bits per heavy atom. The zero-order chi connectivity index (χ0) is 50.7. The van der Waals surface area contributed by atoms with Crippen LogP contribution in [0, 0.1) is 5.92 Å². The Morgan fingerprint density at radius 1 is 0.725 bits per heavy atom. The van der Waals surface area contributed by atoms with E-state index in [1.807, 2.05) is 20.8 Å². The van der Waals surface area contributed by atoms with Gasteiger partial charge in [0.25, 0.3) is 0 Å². The van der Waals surface area contributed by atoms with Gasteiger partial charge < -0.3 is 64.1 Å². The summed E-state index contributed by atoms with van der Waals surface area (Å²) >= 11 is 0. The van der Waals surface area contributed by atoms with Crippen LogP contribution in [0.1, 0.15) is 70.6 Å². The van der Waals surface area contributed by atoms with E-state index in [-0.39, 0.29) is 63.9 Å². The molecule has 4 atom stereocenters. The van der Waals surface area contributed by atoms with Crippen LogP contribution in [0.15, 0.2) is 41.6 Å². The summed E-state index contributed by atoms with van der Waals surface area (Å²) in [6.07, 6.45) is 2.53. The van der Waals surface area contributed by atoms with Gasteiger partial charge in [0.2, 0.25) is 41.4 Å². The van der Waals surface area contributed by atoms with Gasteiger partial charge in [-0.05, 0) is 42.7 Å². The summed E-state index contributed by atoms with van der Waals surface area (Å²) in [4.78, 5) is 98.2. The lowest BCUT2D eigenvalue weighted by Gasteiger charge is -2.27. The number of hydrogen-bond donors (Lipinski definition) is 11. The van der Waals surface area contributed by atoms with Crippen LogP contribution < -0.4 is 59.3 Å². The first-order valence-corrected chi connectivity index (χ1v) is 23.8. The third-order valence-corrected chi connectivity index (χ3v) is 10.1. The number of aromatic nitrogens is 3. The highest BCUT2D eigenvalue weighted by Crippen LogP contribution is 2.10. The molecule has 0 saturated heterocycles. The fourth-order valence-electron chi connectivity index (χ4n) is 6.63. The van der Waals surface area contributed by atoms with Crippen LogP contribution in [-0.2, 0) is 57.7 Å². The first-order chi connectivity index (χ1) is 33.3.